The number of rotatable bonds is 6. The molecular weight excluding hydrogens is 354 g/mol. The van der Waals surface area contributed by atoms with Gasteiger partial charge in [0.25, 0.3) is 5.89 Å². The molecular formula is C21H23N5O2. The van der Waals surface area contributed by atoms with E-state index in [1.54, 1.807) is 6.20 Å². The van der Waals surface area contributed by atoms with E-state index in [4.69, 9.17) is 4.42 Å². The quantitative estimate of drug-likeness (QED) is 0.657. The van der Waals surface area contributed by atoms with Crippen LogP contribution in [0.25, 0.3) is 11.6 Å². The van der Waals surface area contributed by atoms with Crippen LogP contribution in [0.3, 0.4) is 0 Å². The number of piperazine rings is 1. The Labute approximate surface area is 164 Å². The molecule has 0 atom stereocenters. The molecule has 1 fully saturated rings. The molecule has 0 bridgehead atoms. The Balaban J connectivity index is 1.23. The third-order valence-electron chi connectivity index (χ3n) is 4.88. The minimum Gasteiger partial charge on any atom is -0.419 e. The minimum atomic E-state index is 0.136. The van der Waals surface area contributed by atoms with E-state index >= 15 is 0 Å². The van der Waals surface area contributed by atoms with Crippen LogP contribution < -0.4 is 0 Å². The van der Waals surface area contributed by atoms with Crippen molar-refractivity contribution in [1.82, 2.24) is 25.0 Å². The van der Waals surface area contributed by atoms with Crippen molar-refractivity contribution in [3.05, 3.63) is 66.2 Å². The van der Waals surface area contributed by atoms with Gasteiger partial charge in [-0.2, -0.15) is 0 Å². The standard InChI is InChI=1S/C21H23N5O2/c27-20(10-9-19-23-24-21(28-19)18-8-4-5-11-22-18)26-14-12-25(13-15-26)16-17-6-2-1-3-7-17/h1-8,11H,9-10,12-16H2. The predicted octanol–water partition coefficient (Wildman–Crippen LogP) is 2.41. The monoisotopic (exact) mass is 377 g/mol. The maximum atomic E-state index is 12.5. The fraction of sp³-hybridized carbons (Fsp3) is 0.333. The molecule has 1 aliphatic rings. The average molecular weight is 377 g/mol. The zero-order valence-corrected chi connectivity index (χ0v) is 15.7. The number of hydrogen-bond donors (Lipinski definition) is 0. The second-order valence-electron chi connectivity index (χ2n) is 6.86. The van der Waals surface area contributed by atoms with E-state index in [1.165, 1.54) is 5.56 Å². The zero-order valence-electron chi connectivity index (χ0n) is 15.7. The zero-order chi connectivity index (χ0) is 19.2. The normalized spacial score (nSPS) is 14.9. The predicted molar refractivity (Wildman–Crippen MR) is 104 cm³/mol. The summed E-state index contributed by atoms with van der Waals surface area (Å²) in [5.41, 5.74) is 1.95. The number of hydrogen-bond acceptors (Lipinski definition) is 6. The largest absolute Gasteiger partial charge is 0.419 e. The van der Waals surface area contributed by atoms with Gasteiger partial charge in [-0.1, -0.05) is 36.4 Å². The molecule has 1 aliphatic heterocycles. The third kappa shape index (κ3) is 4.61. The highest BCUT2D eigenvalue weighted by Gasteiger charge is 2.21. The lowest BCUT2D eigenvalue weighted by Crippen LogP contribution is -2.48. The molecule has 0 aliphatic carbocycles. The third-order valence-corrected chi connectivity index (χ3v) is 4.88. The van der Waals surface area contributed by atoms with Crippen LogP contribution >= 0.6 is 0 Å². The van der Waals surface area contributed by atoms with Gasteiger partial charge in [-0.25, -0.2) is 0 Å². The Morgan fingerprint density at radius 3 is 2.50 bits per heavy atom. The molecule has 1 aromatic carbocycles. The molecule has 0 N–H and O–H groups in total. The van der Waals surface area contributed by atoms with Gasteiger partial charge in [-0.15, -0.1) is 10.2 Å². The van der Waals surface area contributed by atoms with E-state index in [1.807, 2.05) is 29.2 Å². The Bertz CT molecular complexity index is 889. The number of carbonyl (C=O) groups excluding carboxylic acids is 1. The summed E-state index contributed by atoms with van der Waals surface area (Å²) in [5.74, 6) is 0.992. The van der Waals surface area contributed by atoms with Crippen LogP contribution in [0.4, 0.5) is 0 Å². The summed E-state index contributed by atoms with van der Waals surface area (Å²) >= 11 is 0. The number of amides is 1. The van der Waals surface area contributed by atoms with Crippen LogP contribution in [0.15, 0.2) is 59.1 Å². The van der Waals surface area contributed by atoms with Crippen LogP contribution in [-0.2, 0) is 17.8 Å². The fourth-order valence-electron chi connectivity index (χ4n) is 3.32. The van der Waals surface area contributed by atoms with Gasteiger partial charge >= 0.3 is 0 Å². The van der Waals surface area contributed by atoms with Gasteiger partial charge in [0.1, 0.15) is 5.69 Å². The van der Waals surface area contributed by atoms with E-state index in [9.17, 15) is 4.79 Å². The lowest BCUT2D eigenvalue weighted by atomic mass is 10.2. The number of pyridine rings is 1. The molecule has 0 radical (unpaired) electrons. The summed E-state index contributed by atoms with van der Waals surface area (Å²) in [5, 5.41) is 8.05. The van der Waals surface area contributed by atoms with Gasteiger partial charge in [-0.05, 0) is 17.7 Å². The number of benzene rings is 1. The first-order valence-electron chi connectivity index (χ1n) is 9.56. The number of aromatic nitrogens is 3. The SMILES string of the molecule is O=C(CCc1nnc(-c2ccccn2)o1)N1CCN(Cc2ccccc2)CC1. The lowest BCUT2D eigenvalue weighted by Gasteiger charge is -2.34. The Hall–Kier alpha value is -3.06. The Morgan fingerprint density at radius 1 is 0.964 bits per heavy atom. The molecule has 0 saturated carbocycles. The second-order valence-corrected chi connectivity index (χ2v) is 6.86. The van der Waals surface area contributed by atoms with Crippen molar-refractivity contribution in [2.24, 2.45) is 0 Å². The van der Waals surface area contributed by atoms with Crippen molar-refractivity contribution >= 4 is 5.91 Å². The molecule has 144 valence electrons. The van der Waals surface area contributed by atoms with Gasteiger partial charge in [0.05, 0.1) is 0 Å². The molecule has 0 spiro atoms. The van der Waals surface area contributed by atoms with Crippen LogP contribution in [0.2, 0.25) is 0 Å². The van der Waals surface area contributed by atoms with Crippen LogP contribution in [0.1, 0.15) is 17.9 Å². The highest BCUT2D eigenvalue weighted by atomic mass is 16.4. The summed E-state index contributed by atoms with van der Waals surface area (Å²) < 4.78 is 5.63. The molecule has 1 amide bonds. The minimum absolute atomic E-state index is 0.136. The van der Waals surface area contributed by atoms with Gasteiger partial charge in [-0.3, -0.25) is 14.7 Å². The molecule has 7 heteroatoms. The van der Waals surface area contributed by atoms with E-state index in [0.717, 1.165) is 32.7 Å². The van der Waals surface area contributed by atoms with Crippen LogP contribution in [0.5, 0.6) is 0 Å². The van der Waals surface area contributed by atoms with E-state index in [2.05, 4.69) is 44.3 Å². The molecule has 7 nitrogen and oxygen atoms in total. The summed E-state index contributed by atoms with van der Waals surface area (Å²) in [6.07, 6.45) is 2.51. The topological polar surface area (TPSA) is 75.4 Å². The average Bonchev–Trinajstić information content (AvgIpc) is 3.23. The summed E-state index contributed by atoms with van der Waals surface area (Å²) in [7, 11) is 0. The molecule has 4 rings (SSSR count). The smallest absolute Gasteiger partial charge is 0.266 e. The first-order valence-corrected chi connectivity index (χ1v) is 9.56. The van der Waals surface area contributed by atoms with E-state index in [0.29, 0.717) is 30.3 Å². The van der Waals surface area contributed by atoms with Gasteiger partial charge in [0.2, 0.25) is 11.8 Å². The molecule has 3 heterocycles. The molecule has 2 aromatic heterocycles. The van der Waals surface area contributed by atoms with Crippen molar-refractivity contribution < 1.29 is 9.21 Å². The number of aryl methyl sites for hydroxylation is 1. The fourth-order valence-corrected chi connectivity index (χ4v) is 3.32. The molecule has 0 unspecified atom stereocenters. The van der Waals surface area contributed by atoms with Gasteiger partial charge in [0, 0.05) is 51.8 Å². The van der Waals surface area contributed by atoms with Gasteiger partial charge < -0.3 is 9.32 Å². The van der Waals surface area contributed by atoms with Gasteiger partial charge in [0.15, 0.2) is 0 Å². The highest BCUT2D eigenvalue weighted by molar-refractivity contribution is 5.76. The highest BCUT2D eigenvalue weighted by Crippen LogP contribution is 2.16. The summed E-state index contributed by atoms with van der Waals surface area (Å²) in [6, 6.07) is 16.0. The summed E-state index contributed by atoms with van der Waals surface area (Å²) in [6.45, 7) is 4.24. The first kappa shape index (κ1) is 18.3. The van der Waals surface area contributed by atoms with Crippen molar-refractivity contribution in [3.8, 4) is 11.6 Å². The molecule has 28 heavy (non-hydrogen) atoms. The maximum Gasteiger partial charge on any atom is 0.266 e. The lowest BCUT2D eigenvalue weighted by molar-refractivity contribution is -0.133. The van der Waals surface area contributed by atoms with Crippen molar-refractivity contribution in [2.45, 2.75) is 19.4 Å². The van der Waals surface area contributed by atoms with Crippen molar-refractivity contribution in [3.63, 3.8) is 0 Å². The Kier molecular flexibility index (Phi) is 5.72. The Morgan fingerprint density at radius 2 is 1.75 bits per heavy atom. The maximum absolute atomic E-state index is 12.5. The van der Waals surface area contributed by atoms with E-state index < -0.39 is 0 Å². The second kappa shape index (κ2) is 8.75. The first-order chi connectivity index (χ1) is 13.8. The van der Waals surface area contributed by atoms with Crippen LogP contribution in [-0.4, -0.2) is 57.1 Å². The van der Waals surface area contributed by atoms with Crippen molar-refractivity contribution in [2.75, 3.05) is 26.2 Å². The molecule has 1 saturated heterocycles. The number of carbonyl (C=O) groups is 1. The van der Waals surface area contributed by atoms with Crippen molar-refractivity contribution in [1.29, 1.82) is 0 Å². The van der Waals surface area contributed by atoms with E-state index in [-0.39, 0.29) is 5.91 Å². The molecule has 3 aromatic rings. The summed E-state index contributed by atoms with van der Waals surface area (Å²) in [4.78, 5) is 21.0. The number of nitrogens with zero attached hydrogens (tertiary/aromatic N) is 5. The van der Waals surface area contributed by atoms with Crippen LogP contribution in [0, 0.1) is 0 Å².